The largest absolute Gasteiger partial charge is 0.490 e. The van der Waals surface area contributed by atoms with Crippen molar-refractivity contribution in [1.29, 1.82) is 0 Å². The Balaban J connectivity index is 6.03. The van der Waals surface area contributed by atoms with Gasteiger partial charge in [-0.1, -0.05) is 0 Å². The molecule has 0 saturated heterocycles. The van der Waals surface area contributed by atoms with Gasteiger partial charge in [-0.3, -0.25) is 0 Å². The topological polar surface area (TPSA) is 658 Å². The molecule has 0 heterocycles. The zero-order chi connectivity index (χ0) is 53.4. The number of rotatable bonds is 35. The fourth-order valence-corrected chi connectivity index (χ4v) is 27.3. The average molecular weight is 1270 g/mol. The van der Waals surface area contributed by atoms with E-state index >= 15 is 0 Å². The summed E-state index contributed by atoms with van der Waals surface area (Å²) < 4.78 is 198. The molecular formula is C11H40O42P12Si2. The number of hydrogen-bond donors (Lipinski definition) is 16. The molecule has 0 rings (SSSR count). The molecule has 0 saturated carbocycles. The molecule has 0 radical (unpaired) electrons. The van der Waals surface area contributed by atoms with Crippen molar-refractivity contribution < 1.29 is 194 Å². The van der Waals surface area contributed by atoms with Crippen LogP contribution in [0.5, 0.6) is 0 Å². The highest BCUT2D eigenvalue weighted by atomic mass is 31.3. The van der Waals surface area contributed by atoms with Crippen LogP contribution in [0.25, 0.3) is 0 Å². The predicted octanol–water partition coefficient (Wildman–Crippen LogP) is 1.71. The highest BCUT2D eigenvalue weighted by Crippen LogP contribution is 2.72. The Morgan fingerprint density at radius 1 is 0.358 bits per heavy atom. The fourth-order valence-electron chi connectivity index (χ4n) is 3.85. The van der Waals surface area contributed by atoms with Crippen LogP contribution in [0.15, 0.2) is 0 Å². The lowest BCUT2D eigenvalue weighted by molar-refractivity contribution is -0.00674. The minimum Gasteiger partial charge on any atom is -0.379 e. The Labute approximate surface area is 375 Å². The summed E-state index contributed by atoms with van der Waals surface area (Å²) in [5, 5.41) is 0. The zero-order valence-electron chi connectivity index (χ0n) is 32.7. The van der Waals surface area contributed by atoms with E-state index < -0.39 is 162 Å². The van der Waals surface area contributed by atoms with Crippen molar-refractivity contribution in [3.8, 4) is 0 Å². The number of ether oxygens (including phenoxy) is 2. The van der Waals surface area contributed by atoms with Crippen LogP contribution in [0.2, 0.25) is 25.2 Å². The zero-order valence-corrected chi connectivity index (χ0v) is 45.4. The molecule has 0 aliphatic carbocycles. The molecule has 9 atom stereocenters. The first-order valence-electron chi connectivity index (χ1n) is 15.7. The Morgan fingerprint density at radius 3 is 0.806 bits per heavy atom. The second kappa shape index (κ2) is 25.2. The van der Waals surface area contributed by atoms with E-state index in [0.29, 0.717) is 13.1 Å². The maximum absolute atomic E-state index is 12.5. The van der Waals surface area contributed by atoms with Gasteiger partial charge in [0.25, 0.3) is 0 Å². The van der Waals surface area contributed by atoms with Crippen LogP contribution < -0.4 is 0 Å². The van der Waals surface area contributed by atoms with Crippen molar-refractivity contribution in [3.63, 3.8) is 0 Å². The van der Waals surface area contributed by atoms with E-state index in [0.717, 1.165) is 0 Å². The van der Waals surface area contributed by atoms with Gasteiger partial charge in [0.1, 0.15) is 0 Å². The second-order valence-corrected chi connectivity index (χ2v) is 37.1. The number of hydrogen-bond acceptors (Lipinski definition) is 26. The minimum absolute atomic E-state index is 0.498. The molecule has 16 N–H and O–H groups in total. The van der Waals surface area contributed by atoms with Gasteiger partial charge in [-0.25, -0.2) is 54.8 Å². The minimum atomic E-state index is -6.24. The average Bonchev–Trinajstić information content (AvgIpc) is 2.89. The van der Waals surface area contributed by atoms with E-state index in [-0.39, 0.29) is 0 Å². The molecule has 0 aliphatic heterocycles. The summed E-state index contributed by atoms with van der Waals surface area (Å²) in [6, 6.07) is -1.89. The van der Waals surface area contributed by atoms with Gasteiger partial charge in [0.2, 0.25) is 0 Å². The molecule has 67 heavy (non-hydrogen) atoms. The normalized spacial score (nSPS) is 23.0. The Bertz CT molecular complexity index is 2130. The van der Waals surface area contributed by atoms with Gasteiger partial charge in [0, 0.05) is 13.2 Å². The molecule has 0 aliphatic rings. The SMILES string of the molecule is CC(COCCC[Si](C)(OP(=O)(O)OP(=O)(O)OP(=O)(O)O)OP(=O)(O)OP(=O)(O)OP(=O)(O)O)OCCC[Si](C)(OP(=O)(O)OP(=O)(O)OP(=O)(O)O)OP(=O)(O)OP(=O)(O)OP(=O)(O)O. The lowest BCUT2D eigenvalue weighted by Gasteiger charge is -2.30. The summed E-state index contributed by atoms with van der Waals surface area (Å²) >= 11 is 0. The smallest absolute Gasteiger partial charge is 0.379 e. The van der Waals surface area contributed by atoms with Gasteiger partial charge in [0.05, 0.1) is 12.7 Å². The molecule has 0 amide bonds. The summed E-state index contributed by atoms with van der Waals surface area (Å²) in [6.07, 6.45) is -2.20. The Morgan fingerprint density at radius 2 is 0.582 bits per heavy atom. The predicted molar refractivity (Wildman–Crippen MR) is 208 cm³/mol. The molecule has 0 spiro atoms. The summed E-state index contributed by atoms with van der Waals surface area (Å²) in [6.45, 7) is 0.668. The van der Waals surface area contributed by atoms with Gasteiger partial charge in [-0.2, -0.15) is 34.5 Å². The van der Waals surface area contributed by atoms with Crippen molar-refractivity contribution in [2.75, 3.05) is 19.8 Å². The molecule has 9 unspecified atom stereocenters. The summed E-state index contributed by atoms with van der Waals surface area (Å²) in [4.78, 5) is 147. The van der Waals surface area contributed by atoms with Crippen LogP contribution in [-0.4, -0.2) is 121 Å². The first kappa shape index (κ1) is 69.0. The monoisotopic (exact) mass is 1270 g/mol. The quantitative estimate of drug-likeness (QED) is 0.0244. The summed E-state index contributed by atoms with van der Waals surface area (Å²) in [7, 11) is -84.0. The molecular weight excluding hydrogens is 1230 g/mol. The van der Waals surface area contributed by atoms with Crippen LogP contribution in [0.1, 0.15) is 19.8 Å². The molecule has 0 aromatic heterocycles. The summed E-state index contributed by atoms with van der Waals surface area (Å²) in [5.41, 5.74) is 0. The van der Waals surface area contributed by atoms with E-state index in [4.69, 9.17) is 48.6 Å². The summed E-state index contributed by atoms with van der Waals surface area (Å²) in [5.74, 6) is 0. The lowest BCUT2D eigenvalue weighted by Crippen LogP contribution is -2.37. The Kier molecular flexibility index (Phi) is 26.0. The van der Waals surface area contributed by atoms with Gasteiger partial charge in [-0.05, 0) is 44.9 Å². The van der Waals surface area contributed by atoms with Crippen molar-refractivity contribution in [2.24, 2.45) is 0 Å². The van der Waals surface area contributed by atoms with Gasteiger partial charge in [-0.15, -0.1) is 0 Å². The van der Waals surface area contributed by atoms with E-state index in [1.54, 1.807) is 0 Å². The van der Waals surface area contributed by atoms with Crippen molar-refractivity contribution in [3.05, 3.63) is 0 Å². The third-order valence-corrected chi connectivity index (χ3v) is 31.1. The standard InChI is InChI=1S/C11H40O42P12Si2/c1-11(41-7-5-9-67(3,52-64(36,37)48-60(28,29)44-56(18,19)20)53-65(38,39)49-61(30,31)45-57(21,22)23)10-40-6-4-8-66(2,50-62(32,33)46-58(24,25)42-54(12,13)14)51-63(34,35)47-59(26,27)43-55(15,16)17/h11H,4-10H2,1-3H3,(H,24,25)(H,26,27)(H,28,29)(H,30,31)(H,32,33)(H,34,35)(H,36,37)(H,38,39)(H2,12,13,14)(H2,15,16,17)(H2,18,19,20)(H2,21,22,23). The first-order chi connectivity index (χ1) is 29.1. The molecule has 56 heteroatoms. The second-order valence-electron chi connectivity index (χ2n) is 12.0. The molecule has 0 aromatic carbocycles. The highest BCUT2D eigenvalue weighted by Gasteiger charge is 2.53. The fraction of sp³-hybridized carbons (Fsp3) is 1.00. The van der Waals surface area contributed by atoms with E-state index in [1.165, 1.54) is 6.92 Å². The van der Waals surface area contributed by atoms with Crippen LogP contribution in [0.4, 0.5) is 0 Å². The first-order valence-corrected chi connectivity index (χ1v) is 38.8. The van der Waals surface area contributed by atoms with E-state index in [9.17, 15) is 93.9 Å². The third kappa shape index (κ3) is 35.8. The van der Waals surface area contributed by atoms with Crippen LogP contribution in [0.3, 0.4) is 0 Å². The number of phosphoric acid groups is 12. The molecule has 0 aromatic rings. The molecule has 42 nitrogen and oxygen atoms in total. The van der Waals surface area contributed by atoms with E-state index in [1.807, 2.05) is 0 Å². The molecule has 0 fully saturated rings. The third-order valence-electron chi connectivity index (χ3n) is 5.35. The van der Waals surface area contributed by atoms with Gasteiger partial charge in [0.15, 0.2) is 0 Å². The van der Waals surface area contributed by atoms with Gasteiger partial charge < -0.3 is 105 Å². The van der Waals surface area contributed by atoms with Crippen molar-refractivity contribution >= 4 is 111 Å². The maximum Gasteiger partial charge on any atom is 0.490 e. The van der Waals surface area contributed by atoms with Crippen molar-refractivity contribution in [2.45, 2.75) is 51.1 Å². The van der Waals surface area contributed by atoms with Crippen LogP contribution in [-0.2, 0) is 116 Å². The van der Waals surface area contributed by atoms with Crippen LogP contribution >= 0.6 is 93.9 Å². The van der Waals surface area contributed by atoms with Crippen LogP contribution in [0, 0.1) is 0 Å². The molecule has 0 bridgehead atoms. The van der Waals surface area contributed by atoms with E-state index in [2.05, 4.69) is 51.3 Å². The van der Waals surface area contributed by atoms with Gasteiger partial charge >= 0.3 is 111 Å². The Hall–Kier alpha value is 1.99. The highest BCUT2D eigenvalue weighted by molar-refractivity contribution is 7.69. The lowest BCUT2D eigenvalue weighted by atomic mass is 10.4. The maximum atomic E-state index is 12.5. The van der Waals surface area contributed by atoms with Crippen molar-refractivity contribution in [1.82, 2.24) is 0 Å². The molecule has 404 valence electrons.